The molecule has 2 heterocycles. The van der Waals surface area contributed by atoms with Gasteiger partial charge in [0.25, 0.3) is 0 Å². The highest BCUT2D eigenvalue weighted by atomic mass is 32.1. The molecule has 2 N–H and O–H groups in total. The largest absolute Gasteiger partial charge is 0.350 e. The average Bonchev–Trinajstić information content (AvgIpc) is 3.21. The number of hydrogen-bond acceptors (Lipinski definition) is 5. The van der Waals surface area contributed by atoms with Crippen molar-refractivity contribution in [3.63, 3.8) is 0 Å². The van der Waals surface area contributed by atoms with Crippen LogP contribution < -0.4 is 15.5 Å². The summed E-state index contributed by atoms with van der Waals surface area (Å²) in [7, 11) is 0. The number of benzene rings is 2. The molecule has 0 aliphatic carbocycles. The zero-order valence-corrected chi connectivity index (χ0v) is 17.0. The molecule has 2 amide bonds. The molecule has 6 nitrogen and oxygen atoms in total. The first kappa shape index (κ1) is 19.4. The lowest BCUT2D eigenvalue weighted by atomic mass is 9.97. The van der Waals surface area contributed by atoms with E-state index in [0.717, 1.165) is 40.3 Å². The second kappa shape index (κ2) is 9.05. The van der Waals surface area contributed by atoms with E-state index in [-0.39, 0.29) is 24.3 Å². The zero-order valence-electron chi connectivity index (χ0n) is 16.1. The van der Waals surface area contributed by atoms with Crippen molar-refractivity contribution >= 4 is 38.5 Å². The van der Waals surface area contributed by atoms with Crippen molar-refractivity contribution in [3.05, 3.63) is 60.2 Å². The van der Waals surface area contributed by atoms with Gasteiger partial charge >= 0.3 is 0 Å². The molecule has 1 saturated heterocycles. The van der Waals surface area contributed by atoms with Crippen LogP contribution in [0.1, 0.15) is 18.4 Å². The topological polar surface area (TPSA) is 74.3 Å². The standard InChI is InChI=1S/C22H24N4O2S/c27-20(23-13-16-7-2-1-3-8-16)14-24-21(28)17-9-6-12-26(15-17)22-25-18-10-4-5-11-19(18)29-22/h1-5,7-8,10-11,17H,6,9,12-15H2,(H,23,27)(H,24,28). The smallest absolute Gasteiger partial charge is 0.239 e. The van der Waals surface area contributed by atoms with Gasteiger partial charge in [-0.1, -0.05) is 53.8 Å². The van der Waals surface area contributed by atoms with E-state index in [2.05, 4.69) is 21.6 Å². The molecule has 3 aromatic rings. The van der Waals surface area contributed by atoms with E-state index in [4.69, 9.17) is 4.98 Å². The first-order valence-electron chi connectivity index (χ1n) is 9.88. The summed E-state index contributed by atoms with van der Waals surface area (Å²) < 4.78 is 1.16. The zero-order chi connectivity index (χ0) is 20.1. The molecule has 0 saturated carbocycles. The lowest BCUT2D eigenvalue weighted by molar-refractivity contribution is -0.128. The van der Waals surface area contributed by atoms with Gasteiger partial charge in [-0.25, -0.2) is 4.98 Å². The molecule has 2 aromatic carbocycles. The molecule has 0 bridgehead atoms. The number of anilines is 1. The lowest BCUT2D eigenvalue weighted by Gasteiger charge is -2.31. The Bertz CT molecular complexity index is 956. The second-order valence-electron chi connectivity index (χ2n) is 7.23. The maximum absolute atomic E-state index is 12.6. The van der Waals surface area contributed by atoms with E-state index < -0.39 is 0 Å². The highest BCUT2D eigenvalue weighted by Crippen LogP contribution is 2.31. The van der Waals surface area contributed by atoms with Crippen molar-refractivity contribution in [1.82, 2.24) is 15.6 Å². The number of rotatable bonds is 6. The Morgan fingerprint density at radius 3 is 2.69 bits per heavy atom. The maximum atomic E-state index is 12.6. The van der Waals surface area contributed by atoms with Crippen molar-refractivity contribution in [2.24, 2.45) is 5.92 Å². The Labute approximate surface area is 173 Å². The third kappa shape index (κ3) is 4.92. The van der Waals surface area contributed by atoms with Gasteiger partial charge in [0.1, 0.15) is 0 Å². The van der Waals surface area contributed by atoms with Crippen molar-refractivity contribution in [2.75, 3.05) is 24.5 Å². The minimum Gasteiger partial charge on any atom is -0.350 e. The summed E-state index contributed by atoms with van der Waals surface area (Å²) in [6.07, 6.45) is 1.77. The summed E-state index contributed by atoms with van der Waals surface area (Å²) in [4.78, 5) is 31.5. The quantitative estimate of drug-likeness (QED) is 0.658. The molecule has 150 valence electrons. The Morgan fingerprint density at radius 1 is 1.07 bits per heavy atom. The maximum Gasteiger partial charge on any atom is 0.239 e. The fraction of sp³-hybridized carbons (Fsp3) is 0.318. The highest BCUT2D eigenvalue weighted by molar-refractivity contribution is 7.22. The van der Waals surface area contributed by atoms with Crippen molar-refractivity contribution < 1.29 is 9.59 Å². The van der Waals surface area contributed by atoms with Crippen LogP contribution in [-0.4, -0.2) is 36.4 Å². The van der Waals surface area contributed by atoms with Crippen LogP contribution in [0.2, 0.25) is 0 Å². The van der Waals surface area contributed by atoms with Gasteiger partial charge in [-0.15, -0.1) is 0 Å². The summed E-state index contributed by atoms with van der Waals surface area (Å²) in [5.74, 6) is -0.371. The van der Waals surface area contributed by atoms with Gasteiger partial charge in [0.15, 0.2) is 5.13 Å². The number of piperidine rings is 1. The fourth-order valence-corrected chi connectivity index (χ4v) is 4.53. The summed E-state index contributed by atoms with van der Waals surface area (Å²) in [6.45, 7) is 2.01. The van der Waals surface area contributed by atoms with E-state index in [1.807, 2.05) is 48.5 Å². The first-order valence-corrected chi connectivity index (χ1v) is 10.7. The number of para-hydroxylation sites is 1. The van der Waals surface area contributed by atoms with E-state index in [1.54, 1.807) is 11.3 Å². The normalized spacial score (nSPS) is 16.6. The third-order valence-corrected chi connectivity index (χ3v) is 6.20. The van der Waals surface area contributed by atoms with Crippen molar-refractivity contribution in [1.29, 1.82) is 0 Å². The molecule has 1 unspecified atom stereocenters. The molecule has 29 heavy (non-hydrogen) atoms. The Morgan fingerprint density at radius 2 is 1.86 bits per heavy atom. The van der Waals surface area contributed by atoms with Gasteiger partial charge in [-0.2, -0.15) is 0 Å². The molecule has 4 rings (SSSR count). The van der Waals surface area contributed by atoms with Gasteiger partial charge in [0.05, 0.1) is 22.7 Å². The average molecular weight is 409 g/mol. The molecule has 1 atom stereocenters. The van der Waals surface area contributed by atoms with Crippen LogP contribution in [0.4, 0.5) is 5.13 Å². The lowest BCUT2D eigenvalue weighted by Crippen LogP contribution is -2.45. The van der Waals surface area contributed by atoms with Gasteiger partial charge in [0.2, 0.25) is 11.8 Å². The molecule has 7 heteroatoms. The number of carbonyl (C=O) groups excluding carboxylic acids is 2. The van der Waals surface area contributed by atoms with Crippen molar-refractivity contribution in [3.8, 4) is 0 Å². The number of hydrogen-bond donors (Lipinski definition) is 2. The Kier molecular flexibility index (Phi) is 6.05. The highest BCUT2D eigenvalue weighted by Gasteiger charge is 2.27. The number of amides is 2. The monoisotopic (exact) mass is 408 g/mol. The van der Waals surface area contributed by atoms with Crippen LogP contribution in [0.15, 0.2) is 54.6 Å². The van der Waals surface area contributed by atoms with Gasteiger partial charge in [0, 0.05) is 19.6 Å². The van der Waals surface area contributed by atoms with Gasteiger partial charge < -0.3 is 15.5 Å². The van der Waals surface area contributed by atoms with E-state index in [1.165, 1.54) is 0 Å². The number of aromatic nitrogens is 1. The van der Waals surface area contributed by atoms with Crippen LogP contribution in [-0.2, 0) is 16.1 Å². The van der Waals surface area contributed by atoms with E-state index >= 15 is 0 Å². The summed E-state index contributed by atoms with van der Waals surface area (Å²) in [5, 5.41) is 6.59. The molecule has 1 aliphatic rings. The Hall–Kier alpha value is -2.93. The van der Waals surface area contributed by atoms with Crippen LogP contribution in [0.5, 0.6) is 0 Å². The molecule has 1 aromatic heterocycles. The number of nitrogens with one attached hydrogen (secondary N) is 2. The predicted octanol–water partition coefficient (Wildman–Crippen LogP) is 2.95. The number of thiazole rings is 1. The molecular formula is C22H24N4O2S. The number of nitrogens with zero attached hydrogens (tertiary/aromatic N) is 2. The van der Waals surface area contributed by atoms with E-state index in [9.17, 15) is 9.59 Å². The molecule has 1 aliphatic heterocycles. The molecule has 1 fully saturated rings. The summed E-state index contributed by atoms with van der Waals surface area (Å²) in [5.41, 5.74) is 2.03. The molecule has 0 radical (unpaired) electrons. The minimum absolute atomic E-state index is 0.00328. The minimum atomic E-state index is -0.180. The van der Waals surface area contributed by atoms with Crippen LogP contribution in [0, 0.1) is 5.92 Å². The number of fused-ring (bicyclic) bond motifs is 1. The third-order valence-electron chi connectivity index (χ3n) is 5.10. The fourth-order valence-electron chi connectivity index (χ4n) is 3.53. The second-order valence-corrected chi connectivity index (χ2v) is 8.24. The Balaban J connectivity index is 1.27. The molecular weight excluding hydrogens is 384 g/mol. The number of carbonyl (C=O) groups is 2. The van der Waals surface area contributed by atoms with Crippen LogP contribution >= 0.6 is 11.3 Å². The van der Waals surface area contributed by atoms with Crippen LogP contribution in [0.3, 0.4) is 0 Å². The van der Waals surface area contributed by atoms with E-state index in [0.29, 0.717) is 13.1 Å². The first-order chi connectivity index (χ1) is 14.2. The van der Waals surface area contributed by atoms with Crippen molar-refractivity contribution in [2.45, 2.75) is 19.4 Å². The molecule has 0 spiro atoms. The van der Waals surface area contributed by atoms with Crippen LogP contribution in [0.25, 0.3) is 10.2 Å². The summed E-state index contributed by atoms with van der Waals surface area (Å²) in [6, 6.07) is 17.8. The van der Waals surface area contributed by atoms with Gasteiger partial charge in [-0.05, 0) is 30.5 Å². The van der Waals surface area contributed by atoms with Gasteiger partial charge in [-0.3, -0.25) is 9.59 Å². The predicted molar refractivity (Wildman–Crippen MR) is 116 cm³/mol. The summed E-state index contributed by atoms with van der Waals surface area (Å²) >= 11 is 1.66. The SMILES string of the molecule is O=C(CNC(=O)C1CCCN(c2nc3ccccc3s2)C1)NCc1ccccc1.